The molecule has 1 saturated heterocycles. The molecule has 8 heteroatoms. The molecule has 2 amide bonds. The molecule has 0 spiro atoms. The van der Waals surface area contributed by atoms with Gasteiger partial charge in [-0.3, -0.25) is 5.32 Å². The van der Waals surface area contributed by atoms with Gasteiger partial charge < -0.3 is 9.80 Å². The Bertz CT molecular complexity index is 765. The molecule has 1 aliphatic rings. The number of hydrogen-bond acceptors (Lipinski definition) is 5. The minimum absolute atomic E-state index is 0.0542. The first-order chi connectivity index (χ1) is 12.0. The van der Waals surface area contributed by atoms with E-state index >= 15 is 0 Å². The van der Waals surface area contributed by atoms with Crippen molar-refractivity contribution in [1.82, 2.24) is 14.9 Å². The summed E-state index contributed by atoms with van der Waals surface area (Å²) >= 11 is 7.76. The van der Waals surface area contributed by atoms with Gasteiger partial charge in [0.2, 0.25) is 0 Å². The van der Waals surface area contributed by atoms with Crippen molar-refractivity contribution in [2.45, 2.75) is 33.2 Å². The molecule has 0 aliphatic carbocycles. The van der Waals surface area contributed by atoms with Crippen molar-refractivity contribution in [3.05, 3.63) is 33.9 Å². The Labute approximate surface area is 156 Å². The van der Waals surface area contributed by atoms with Gasteiger partial charge in [0.05, 0.1) is 10.7 Å². The molecule has 0 saturated carbocycles. The van der Waals surface area contributed by atoms with Crippen molar-refractivity contribution < 1.29 is 4.79 Å². The van der Waals surface area contributed by atoms with Crippen LogP contribution in [0.3, 0.4) is 0 Å². The van der Waals surface area contributed by atoms with Crippen LogP contribution in [0.1, 0.15) is 24.4 Å². The molecule has 134 valence electrons. The van der Waals surface area contributed by atoms with Crippen LogP contribution in [-0.2, 0) is 6.42 Å². The van der Waals surface area contributed by atoms with E-state index in [4.69, 9.17) is 11.6 Å². The van der Waals surface area contributed by atoms with E-state index in [0.29, 0.717) is 29.8 Å². The van der Waals surface area contributed by atoms with Crippen LogP contribution < -0.4 is 10.2 Å². The maximum absolute atomic E-state index is 12.6. The van der Waals surface area contributed by atoms with E-state index in [2.05, 4.69) is 27.1 Å². The SMILES string of the molecule is CCc1nc(NC(=O)N2CCN(c3ncccc3Cl)CC2C)sc1C. The van der Waals surface area contributed by atoms with Crippen LogP contribution in [0.2, 0.25) is 5.02 Å². The molecule has 1 fully saturated rings. The number of amides is 2. The fraction of sp³-hybridized carbons (Fsp3) is 0.471. The maximum atomic E-state index is 12.6. The van der Waals surface area contributed by atoms with E-state index in [1.807, 2.05) is 30.9 Å². The Morgan fingerprint density at radius 3 is 2.92 bits per heavy atom. The largest absolute Gasteiger partial charge is 0.352 e. The minimum Gasteiger partial charge on any atom is -0.352 e. The van der Waals surface area contributed by atoms with Gasteiger partial charge in [0.1, 0.15) is 5.82 Å². The zero-order chi connectivity index (χ0) is 18.0. The average molecular weight is 380 g/mol. The van der Waals surface area contributed by atoms with E-state index in [1.165, 1.54) is 11.3 Å². The number of anilines is 2. The molecule has 0 radical (unpaired) electrons. The number of urea groups is 1. The number of aromatic nitrogens is 2. The summed E-state index contributed by atoms with van der Waals surface area (Å²) in [5.74, 6) is 0.777. The molecule has 1 atom stereocenters. The van der Waals surface area contributed by atoms with E-state index in [-0.39, 0.29) is 12.1 Å². The van der Waals surface area contributed by atoms with Gasteiger partial charge in [0, 0.05) is 36.8 Å². The number of thiazole rings is 1. The van der Waals surface area contributed by atoms with Crippen LogP contribution in [-0.4, -0.2) is 46.6 Å². The van der Waals surface area contributed by atoms with Crippen molar-refractivity contribution >= 4 is 39.9 Å². The van der Waals surface area contributed by atoms with E-state index in [9.17, 15) is 4.79 Å². The van der Waals surface area contributed by atoms with Gasteiger partial charge in [-0.05, 0) is 32.4 Å². The Hall–Kier alpha value is -1.86. The Morgan fingerprint density at radius 1 is 1.48 bits per heavy atom. The zero-order valence-corrected chi connectivity index (χ0v) is 16.2. The molecule has 0 bridgehead atoms. The second-order valence-corrected chi connectivity index (χ2v) is 7.71. The monoisotopic (exact) mass is 379 g/mol. The van der Waals surface area contributed by atoms with Gasteiger partial charge >= 0.3 is 6.03 Å². The first-order valence-corrected chi connectivity index (χ1v) is 9.58. The van der Waals surface area contributed by atoms with Gasteiger partial charge in [0.25, 0.3) is 0 Å². The van der Waals surface area contributed by atoms with Crippen molar-refractivity contribution in [2.75, 3.05) is 29.9 Å². The number of halogens is 1. The highest BCUT2D eigenvalue weighted by molar-refractivity contribution is 7.15. The summed E-state index contributed by atoms with van der Waals surface area (Å²) in [5, 5.41) is 4.24. The highest BCUT2D eigenvalue weighted by Crippen LogP contribution is 2.26. The number of pyridine rings is 1. The average Bonchev–Trinajstić information content (AvgIpc) is 2.94. The molecule has 6 nitrogen and oxygen atoms in total. The molecular weight excluding hydrogens is 358 g/mol. The Morgan fingerprint density at radius 2 is 2.28 bits per heavy atom. The van der Waals surface area contributed by atoms with Gasteiger partial charge in [-0.1, -0.05) is 18.5 Å². The number of rotatable bonds is 3. The number of nitrogens with one attached hydrogen (secondary N) is 1. The highest BCUT2D eigenvalue weighted by Gasteiger charge is 2.29. The molecule has 1 aliphatic heterocycles. The number of carbonyl (C=O) groups excluding carboxylic acids is 1. The van der Waals surface area contributed by atoms with Gasteiger partial charge in [-0.15, -0.1) is 11.3 Å². The van der Waals surface area contributed by atoms with Crippen molar-refractivity contribution in [2.24, 2.45) is 0 Å². The van der Waals surface area contributed by atoms with Crippen LogP contribution in [0, 0.1) is 6.92 Å². The van der Waals surface area contributed by atoms with Crippen LogP contribution in [0.25, 0.3) is 0 Å². The molecule has 2 aromatic heterocycles. The standard InChI is InChI=1S/C17H22ClN5OS/c1-4-14-12(3)25-16(20-14)21-17(24)23-9-8-22(10-11(23)2)15-13(18)6-5-7-19-15/h5-7,11H,4,8-10H2,1-3H3,(H,20,21,24). The van der Waals surface area contributed by atoms with Gasteiger partial charge in [0.15, 0.2) is 5.13 Å². The fourth-order valence-electron chi connectivity index (χ4n) is 3.03. The van der Waals surface area contributed by atoms with Crippen molar-refractivity contribution in [3.63, 3.8) is 0 Å². The lowest BCUT2D eigenvalue weighted by Crippen LogP contribution is -2.55. The van der Waals surface area contributed by atoms with Gasteiger partial charge in [-0.25, -0.2) is 14.8 Å². The second-order valence-electron chi connectivity index (χ2n) is 6.10. The summed E-state index contributed by atoms with van der Waals surface area (Å²) in [6, 6.07) is 3.61. The first-order valence-electron chi connectivity index (χ1n) is 8.39. The summed E-state index contributed by atoms with van der Waals surface area (Å²) < 4.78 is 0. The molecular formula is C17H22ClN5OS. The van der Waals surface area contributed by atoms with E-state index in [0.717, 1.165) is 22.8 Å². The molecule has 2 aromatic rings. The third-order valence-corrected chi connectivity index (χ3v) is 5.59. The summed E-state index contributed by atoms with van der Waals surface area (Å²) in [6.45, 7) is 8.15. The Kier molecular flexibility index (Phi) is 5.44. The predicted molar refractivity (Wildman–Crippen MR) is 103 cm³/mol. The van der Waals surface area contributed by atoms with E-state index < -0.39 is 0 Å². The normalized spacial score (nSPS) is 17.7. The third-order valence-electron chi connectivity index (χ3n) is 4.37. The molecule has 1 N–H and O–H groups in total. The van der Waals surface area contributed by atoms with Gasteiger partial charge in [-0.2, -0.15) is 0 Å². The van der Waals surface area contributed by atoms with Crippen molar-refractivity contribution in [3.8, 4) is 0 Å². The van der Waals surface area contributed by atoms with Crippen molar-refractivity contribution in [1.29, 1.82) is 0 Å². The molecule has 3 heterocycles. The lowest BCUT2D eigenvalue weighted by molar-refractivity contribution is 0.184. The van der Waals surface area contributed by atoms with Crippen LogP contribution >= 0.6 is 22.9 Å². The quantitative estimate of drug-likeness (QED) is 0.880. The third kappa shape index (κ3) is 3.88. The number of carbonyl (C=O) groups is 1. The predicted octanol–water partition coefficient (Wildman–Crippen LogP) is 3.80. The summed E-state index contributed by atoms with van der Waals surface area (Å²) in [6.07, 6.45) is 2.61. The number of hydrogen-bond donors (Lipinski definition) is 1. The van der Waals surface area contributed by atoms with Crippen LogP contribution in [0.5, 0.6) is 0 Å². The lowest BCUT2D eigenvalue weighted by Gasteiger charge is -2.40. The number of nitrogens with zero attached hydrogens (tertiary/aromatic N) is 4. The lowest BCUT2D eigenvalue weighted by atomic mass is 10.2. The Balaban J connectivity index is 1.64. The zero-order valence-electron chi connectivity index (χ0n) is 14.6. The van der Waals surface area contributed by atoms with Crippen LogP contribution in [0.4, 0.5) is 15.7 Å². The molecule has 0 aromatic carbocycles. The minimum atomic E-state index is -0.101. The maximum Gasteiger partial charge on any atom is 0.324 e. The van der Waals surface area contributed by atoms with E-state index in [1.54, 1.807) is 6.20 Å². The second kappa shape index (κ2) is 7.58. The molecule has 25 heavy (non-hydrogen) atoms. The number of piperazine rings is 1. The fourth-order valence-corrected chi connectivity index (χ4v) is 4.17. The summed E-state index contributed by atoms with van der Waals surface area (Å²) in [5.41, 5.74) is 1.04. The topological polar surface area (TPSA) is 61.4 Å². The summed E-state index contributed by atoms with van der Waals surface area (Å²) in [4.78, 5) is 26.6. The molecule has 1 unspecified atom stereocenters. The molecule has 3 rings (SSSR count). The number of aryl methyl sites for hydroxylation is 2. The smallest absolute Gasteiger partial charge is 0.324 e. The summed E-state index contributed by atoms with van der Waals surface area (Å²) in [7, 11) is 0. The first kappa shape index (κ1) is 17.9. The highest BCUT2D eigenvalue weighted by atomic mass is 35.5. The van der Waals surface area contributed by atoms with Crippen LogP contribution in [0.15, 0.2) is 18.3 Å².